The number of carboxylic acid groups (broad SMARTS) is 1. The van der Waals surface area contributed by atoms with Crippen molar-refractivity contribution in [3.63, 3.8) is 0 Å². The lowest BCUT2D eigenvalue weighted by molar-refractivity contribution is -0.870. The summed E-state index contributed by atoms with van der Waals surface area (Å²) in [6.45, 7) is 4.50. The van der Waals surface area contributed by atoms with E-state index in [9.17, 15) is 19.5 Å². The maximum Gasteiger partial charge on any atom is 0.306 e. The number of nitrogens with zero attached hydrogens (tertiary/aromatic N) is 1. The van der Waals surface area contributed by atoms with Crippen molar-refractivity contribution >= 4 is 17.9 Å². The molecule has 0 aliphatic heterocycles. The Hall–Kier alpha value is -3.79. The maximum atomic E-state index is 12.9. The fourth-order valence-electron chi connectivity index (χ4n) is 8.23. The zero-order chi connectivity index (χ0) is 54.8. The van der Waals surface area contributed by atoms with Crippen molar-refractivity contribution in [2.24, 2.45) is 0 Å². The Morgan fingerprint density at radius 2 is 0.720 bits per heavy atom. The number of carboxylic acids is 1. The topological polar surface area (TPSA) is 111 Å². The van der Waals surface area contributed by atoms with Gasteiger partial charge in [-0.25, -0.2) is 0 Å². The molecule has 2 atom stereocenters. The fraction of sp³-hybridized carbons (Fsp3) is 0.712. The molecule has 0 saturated heterocycles. The fourth-order valence-corrected chi connectivity index (χ4v) is 8.23. The van der Waals surface area contributed by atoms with Crippen LogP contribution in [0.15, 0.2) is 97.2 Å². The number of carbonyl (C=O) groups is 3. The number of likely N-dealkylation sites (N-methyl/N-ethyl adjacent to an activating group) is 1. The zero-order valence-corrected chi connectivity index (χ0v) is 48.9. The van der Waals surface area contributed by atoms with Crippen LogP contribution in [-0.2, 0) is 33.3 Å². The average molecular weight is 1050 g/mol. The van der Waals surface area contributed by atoms with Crippen molar-refractivity contribution in [2.45, 2.75) is 257 Å². The van der Waals surface area contributed by atoms with Gasteiger partial charge in [-0.3, -0.25) is 9.59 Å². The van der Waals surface area contributed by atoms with Crippen molar-refractivity contribution in [1.82, 2.24) is 0 Å². The van der Waals surface area contributed by atoms with E-state index in [2.05, 4.69) is 111 Å². The molecular weight excluding hydrogens is 935 g/mol. The number of allylic oxidation sites excluding steroid dienone is 16. The number of carbonyl (C=O) groups excluding carboxylic acids is 3. The zero-order valence-electron chi connectivity index (χ0n) is 48.9. The standard InChI is InChI=1S/C66H113NO8/c1-6-8-10-12-14-16-18-20-22-23-24-25-26-27-28-29-30-31-32-33-34-35-36-37-38-39-40-41-43-45-47-49-51-53-55-57-64(69)75-62(61-74-66(65(70)71)72-59-58-67(3,4)5)60-73-63(68)56-54-52-50-48-46-44-42-21-19-17-15-13-11-9-7-2/h8-11,14-17,20-22,24-25,27-28,42,62,66H,6-7,12-13,18-19,23,26,29-41,43-61H2,1-5H3/b10-8-,11-9-,16-14-,17-15-,22-20-,25-24-,28-27-,42-21-. The Labute approximate surface area is 461 Å². The van der Waals surface area contributed by atoms with Crippen LogP contribution < -0.4 is 5.11 Å². The first-order valence-electron chi connectivity index (χ1n) is 30.4. The minimum absolute atomic E-state index is 0.142. The predicted octanol–water partition coefficient (Wildman–Crippen LogP) is 16.8. The number of aliphatic carboxylic acids is 1. The highest BCUT2D eigenvalue weighted by Gasteiger charge is 2.22. The maximum absolute atomic E-state index is 12.9. The summed E-state index contributed by atoms with van der Waals surface area (Å²) >= 11 is 0. The molecule has 0 N–H and O–H groups in total. The number of unbranched alkanes of at least 4 members (excludes halogenated alkanes) is 24. The lowest BCUT2D eigenvalue weighted by atomic mass is 10.0. The Balaban J connectivity index is 4.09. The Kier molecular flexibility index (Phi) is 53.6. The van der Waals surface area contributed by atoms with Crippen LogP contribution in [0, 0.1) is 0 Å². The second-order valence-electron chi connectivity index (χ2n) is 21.2. The third-order valence-corrected chi connectivity index (χ3v) is 12.8. The minimum atomic E-state index is -1.63. The SMILES string of the molecule is CC/C=C\C/C=C\C/C=C\C/C=C\C/C=C\CCCCCCCCCCCCCCCCCCCCCC(=O)OC(COC(=O)CCCCCCC/C=C\C/C=C\C/C=C\CC)COC(OCC[N+](C)(C)C)C(=O)[O-]. The monoisotopic (exact) mass is 1050 g/mol. The first kappa shape index (κ1) is 71.2. The lowest BCUT2D eigenvalue weighted by Crippen LogP contribution is -2.44. The summed E-state index contributed by atoms with van der Waals surface area (Å²) in [6, 6.07) is 0. The van der Waals surface area contributed by atoms with Gasteiger partial charge in [0, 0.05) is 12.8 Å². The Morgan fingerprint density at radius 3 is 1.07 bits per heavy atom. The van der Waals surface area contributed by atoms with Crippen LogP contribution in [0.3, 0.4) is 0 Å². The van der Waals surface area contributed by atoms with Crippen molar-refractivity contribution in [3.8, 4) is 0 Å². The van der Waals surface area contributed by atoms with Crippen LogP contribution in [0.1, 0.15) is 245 Å². The molecule has 0 aliphatic rings. The van der Waals surface area contributed by atoms with Gasteiger partial charge in [-0.2, -0.15) is 0 Å². The second-order valence-corrected chi connectivity index (χ2v) is 21.2. The summed E-state index contributed by atoms with van der Waals surface area (Å²) in [4.78, 5) is 37.3. The summed E-state index contributed by atoms with van der Waals surface area (Å²) < 4.78 is 22.7. The quantitative estimate of drug-likeness (QED) is 0.0195. The highest BCUT2D eigenvalue weighted by molar-refractivity contribution is 5.70. The molecule has 0 spiro atoms. The average Bonchev–Trinajstić information content (AvgIpc) is 3.38. The van der Waals surface area contributed by atoms with Crippen molar-refractivity contribution in [2.75, 3.05) is 47.5 Å². The van der Waals surface area contributed by atoms with Gasteiger partial charge in [0.15, 0.2) is 12.4 Å². The third kappa shape index (κ3) is 57.7. The van der Waals surface area contributed by atoms with Gasteiger partial charge in [0.25, 0.3) is 0 Å². The summed E-state index contributed by atoms with van der Waals surface area (Å²) in [5.41, 5.74) is 0. The Morgan fingerprint density at radius 1 is 0.400 bits per heavy atom. The molecule has 75 heavy (non-hydrogen) atoms. The smallest absolute Gasteiger partial charge is 0.306 e. The normalized spacial score (nSPS) is 13.5. The van der Waals surface area contributed by atoms with E-state index >= 15 is 0 Å². The molecule has 0 amide bonds. The van der Waals surface area contributed by atoms with E-state index in [1.54, 1.807) is 0 Å². The van der Waals surface area contributed by atoms with Gasteiger partial charge >= 0.3 is 11.9 Å². The van der Waals surface area contributed by atoms with E-state index in [0.717, 1.165) is 109 Å². The molecular formula is C66H113NO8. The highest BCUT2D eigenvalue weighted by atomic mass is 16.7. The molecule has 0 rings (SSSR count). The summed E-state index contributed by atoms with van der Waals surface area (Å²) in [5.74, 6) is -2.30. The van der Waals surface area contributed by atoms with Crippen LogP contribution >= 0.6 is 0 Å². The molecule has 0 aromatic carbocycles. The van der Waals surface area contributed by atoms with Gasteiger partial charge in [-0.15, -0.1) is 0 Å². The number of hydrogen-bond donors (Lipinski definition) is 0. The second kappa shape index (κ2) is 56.4. The van der Waals surface area contributed by atoms with E-state index < -0.39 is 24.3 Å². The van der Waals surface area contributed by atoms with Gasteiger partial charge in [0.05, 0.1) is 40.3 Å². The molecule has 9 nitrogen and oxygen atoms in total. The largest absolute Gasteiger partial charge is 0.545 e. The third-order valence-electron chi connectivity index (χ3n) is 12.8. The molecule has 0 saturated carbocycles. The van der Waals surface area contributed by atoms with Crippen LogP contribution in [0.4, 0.5) is 0 Å². The van der Waals surface area contributed by atoms with Crippen molar-refractivity contribution in [1.29, 1.82) is 0 Å². The minimum Gasteiger partial charge on any atom is -0.545 e. The molecule has 0 radical (unpaired) electrons. The van der Waals surface area contributed by atoms with E-state index in [1.807, 2.05) is 21.1 Å². The van der Waals surface area contributed by atoms with Gasteiger partial charge in [0.2, 0.25) is 0 Å². The summed E-state index contributed by atoms with van der Waals surface area (Å²) in [6.07, 6.45) is 73.3. The molecule has 430 valence electrons. The number of quaternary nitrogens is 1. The van der Waals surface area contributed by atoms with E-state index in [0.29, 0.717) is 17.4 Å². The number of hydrogen-bond acceptors (Lipinski definition) is 8. The summed E-state index contributed by atoms with van der Waals surface area (Å²) in [5, 5.41) is 11.8. The van der Waals surface area contributed by atoms with Crippen LogP contribution in [0.2, 0.25) is 0 Å². The van der Waals surface area contributed by atoms with Crippen LogP contribution in [0.25, 0.3) is 0 Å². The van der Waals surface area contributed by atoms with Gasteiger partial charge < -0.3 is 33.3 Å². The number of ether oxygens (including phenoxy) is 4. The first-order chi connectivity index (χ1) is 36.6. The van der Waals surface area contributed by atoms with Gasteiger partial charge in [0.1, 0.15) is 13.2 Å². The van der Waals surface area contributed by atoms with E-state index in [1.165, 1.54) is 103 Å². The van der Waals surface area contributed by atoms with Gasteiger partial charge in [-0.1, -0.05) is 239 Å². The van der Waals surface area contributed by atoms with Crippen LogP contribution in [0.5, 0.6) is 0 Å². The number of rotatable bonds is 55. The molecule has 9 heteroatoms. The van der Waals surface area contributed by atoms with Crippen molar-refractivity contribution in [3.05, 3.63) is 97.2 Å². The van der Waals surface area contributed by atoms with E-state index in [-0.39, 0.29) is 38.6 Å². The molecule has 2 unspecified atom stereocenters. The molecule has 0 heterocycles. The molecule has 0 fully saturated rings. The highest BCUT2D eigenvalue weighted by Crippen LogP contribution is 2.16. The van der Waals surface area contributed by atoms with Crippen LogP contribution in [-0.4, -0.2) is 82.3 Å². The molecule has 0 aromatic rings. The van der Waals surface area contributed by atoms with E-state index in [4.69, 9.17) is 18.9 Å². The predicted molar refractivity (Wildman–Crippen MR) is 315 cm³/mol. The molecule has 0 bridgehead atoms. The first-order valence-corrected chi connectivity index (χ1v) is 30.4. The lowest BCUT2D eigenvalue weighted by Gasteiger charge is -2.26. The molecule has 0 aromatic heterocycles. The Bertz CT molecular complexity index is 1550. The number of esters is 2. The molecule has 0 aliphatic carbocycles. The van der Waals surface area contributed by atoms with Gasteiger partial charge in [-0.05, 0) is 89.9 Å². The summed E-state index contributed by atoms with van der Waals surface area (Å²) in [7, 11) is 5.91. The van der Waals surface area contributed by atoms with Crippen molar-refractivity contribution < 1.29 is 42.9 Å².